The van der Waals surface area contributed by atoms with E-state index in [0.717, 1.165) is 24.9 Å². The van der Waals surface area contributed by atoms with Crippen LogP contribution in [-0.2, 0) is 9.59 Å². The fourth-order valence-electron chi connectivity index (χ4n) is 2.88. The summed E-state index contributed by atoms with van der Waals surface area (Å²) in [5.74, 6) is 1.81. The summed E-state index contributed by atoms with van der Waals surface area (Å²) in [5.41, 5.74) is 0. The number of hydrogen-bond acceptors (Lipinski definition) is 2. The average molecular weight is 209 g/mol. The molecule has 1 saturated heterocycles. The van der Waals surface area contributed by atoms with Gasteiger partial charge in [0.15, 0.2) is 0 Å². The number of carbonyl (C=O) groups excluding carboxylic acids is 2. The Hall–Kier alpha value is -0.860. The fraction of sp³-hybridized carbons (Fsp3) is 0.833. The van der Waals surface area contributed by atoms with Crippen molar-refractivity contribution in [3.8, 4) is 0 Å². The number of fused-ring (bicyclic) bond motifs is 1. The third-order valence-corrected chi connectivity index (χ3v) is 3.77. The predicted octanol–water partition coefficient (Wildman–Crippen LogP) is 1.61. The van der Waals surface area contributed by atoms with Gasteiger partial charge in [0.05, 0.1) is 0 Å². The van der Waals surface area contributed by atoms with E-state index in [-0.39, 0.29) is 11.7 Å². The van der Waals surface area contributed by atoms with Gasteiger partial charge in [0, 0.05) is 25.9 Å². The number of likely N-dealkylation sites (tertiary alicyclic amines) is 1. The minimum absolute atomic E-state index is 0.114. The van der Waals surface area contributed by atoms with Crippen LogP contribution < -0.4 is 0 Å². The first kappa shape index (κ1) is 10.7. The number of carbonyl (C=O) groups is 2. The topological polar surface area (TPSA) is 37.4 Å². The number of ketones is 1. The highest BCUT2D eigenvalue weighted by Gasteiger charge is 2.37. The third kappa shape index (κ3) is 2.39. The first-order valence-electron chi connectivity index (χ1n) is 5.94. The van der Waals surface area contributed by atoms with E-state index in [0.29, 0.717) is 12.8 Å². The molecule has 0 aromatic rings. The van der Waals surface area contributed by atoms with Crippen LogP contribution >= 0.6 is 0 Å². The first-order valence-corrected chi connectivity index (χ1v) is 5.94. The zero-order valence-electron chi connectivity index (χ0n) is 9.37. The van der Waals surface area contributed by atoms with E-state index >= 15 is 0 Å². The Bertz CT molecular complexity index is 263. The highest BCUT2D eigenvalue weighted by atomic mass is 16.2. The van der Waals surface area contributed by atoms with Crippen molar-refractivity contribution >= 4 is 11.7 Å². The van der Waals surface area contributed by atoms with Crippen LogP contribution in [0, 0.1) is 11.8 Å². The molecule has 1 aliphatic carbocycles. The normalized spacial score (nSPS) is 29.3. The molecule has 0 radical (unpaired) electrons. The Morgan fingerprint density at radius 1 is 1.13 bits per heavy atom. The van der Waals surface area contributed by atoms with Crippen molar-refractivity contribution < 1.29 is 9.59 Å². The minimum atomic E-state index is 0.114. The van der Waals surface area contributed by atoms with Gasteiger partial charge in [-0.05, 0) is 31.6 Å². The van der Waals surface area contributed by atoms with Crippen LogP contribution in [0.4, 0.5) is 0 Å². The third-order valence-electron chi connectivity index (χ3n) is 3.77. The van der Waals surface area contributed by atoms with Gasteiger partial charge in [-0.2, -0.15) is 0 Å². The molecule has 1 saturated carbocycles. The molecule has 15 heavy (non-hydrogen) atoms. The Morgan fingerprint density at radius 3 is 2.27 bits per heavy atom. The van der Waals surface area contributed by atoms with Crippen LogP contribution in [0.5, 0.6) is 0 Å². The number of Topliss-reactive ketones (excluding diaryl/α,β-unsaturated/α-hetero) is 1. The molecule has 0 bridgehead atoms. The first-order chi connectivity index (χ1) is 7.16. The molecule has 1 heterocycles. The van der Waals surface area contributed by atoms with E-state index in [4.69, 9.17) is 0 Å². The average Bonchev–Trinajstić information content (AvgIpc) is 2.72. The van der Waals surface area contributed by atoms with Crippen LogP contribution in [0.3, 0.4) is 0 Å². The van der Waals surface area contributed by atoms with Crippen molar-refractivity contribution in [3.63, 3.8) is 0 Å². The van der Waals surface area contributed by atoms with Gasteiger partial charge >= 0.3 is 0 Å². The molecule has 1 amide bonds. The summed E-state index contributed by atoms with van der Waals surface area (Å²) in [6, 6.07) is 0. The quantitative estimate of drug-likeness (QED) is 0.708. The molecular weight excluding hydrogens is 190 g/mol. The molecule has 0 aromatic heterocycles. The highest BCUT2D eigenvalue weighted by Crippen LogP contribution is 2.37. The molecule has 2 aliphatic rings. The van der Waals surface area contributed by atoms with Crippen molar-refractivity contribution in [2.24, 2.45) is 11.8 Å². The molecule has 0 aromatic carbocycles. The Balaban J connectivity index is 1.80. The monoisotopic (exact) mass is 209 g/mol. The minimum Gasteiger partial charge on any atom is -0.342 e. The maximum atomic E-state index is 11.8. The molecule has 0 spiro atoms. The lowest BCUT2D eigenvalue weighted by Gasteiger charge is -2.16. The summed E-state index contributed by atoms with van der Waals surface area (Å²) in [5, 5.41) is 0. The molecule has 1 aliphatic heterocycles. The zero-order valence-corrected chi connectivity index (χ0v) is 9.37. The molecule has 0 N–H and O–H groups in total. The van der Waals surface area contributed by atoms with E-state index in [1.165, 1.54) is 19.3 Å². The van der Waals surface area contributed by atoms with Crippen molar-refractivity contribution in [2.75, 3.05) is 13.1 Å². The Morgan fingerprint density at radius 2 is 1.73 bits per heavy atom. The standard InChI is InChI=1S/C12H19NO2/c1-9(14)5-6-12(15)13-7-10-3-2-4-11(10)8-13/h10-11H,2-8H2,1H3. The summed E-state index contributed by atoms with van der Waals surface area (Å²) >= 11 is 0. The summed E-state index contributed by atoms with van der Waals surface area (Å²) in [6.07, 6.45) is 4.74. The van der Waals surface area contributed by atoms with Crippen molar-refractivity contribution in [2.45, 2.75) is 39.0 Å². The number of hydrogen-bond donors (Lipinski definition) is 0. The van der Waals surface area contributed by atoms with Crippen molar-refractivity contribution in [3.05, 3.63) is 0 Å². The number of rotatable bonds is 3. The van der Waals surface area contributed by atoms with Gasteiger partial charge in [-0.3, -0.25) is 4.79 Å². The van der Waals surface area contributed by atoms with Crippen LogP contribution in [0.25, 0.3) is 0 Å². The smallest absolute Gasteiger partial charge is 0.223 e. The summed E-state index contributed by atoms with van der Waals surface area (Å²) < 4.78 is 0. The number of nitrogens with zero attached hydrogens (tertiary/aromatic N) is 1. The molecule has 3 nitrogen and oxygen atoms in total. The van der Waals surface area contributed by atoms with E-state index in [2.05, 4.69) is 0 Å². The highest BCUT2D eigenvalue weighted by molar-refractivity contribution is 5.83. The van der Waals surface area contributed by atoms with Gasteiger partial charge < -0.3 is 9.69 Å². The largest absolute Gasteiger partial charge is 0.342 e. The molecule has 2 unspecified atom stereocenters. The van der Waals surface area contributed by atoms with Crippen LogP contribution in [0.15, 0.2) is 0 Å². The molecule has 2 fully saturated rings. The van der Waals surface area contributed by atoms with E-state index in [1.807, 2.05) is 4.90 Å². The zero-order chi connectivity index (χ0) is 10.8. The van der Waals surface area contributed by atoms with E-state index in [1.54, 1.807) is 6.92 Å². The van der Waals surface area contributed by atoms with Crippen LogP contribution in [-0.4, -0.2) is 29.7 Å². The van der Waals surface area contributed by atoms with E-state index < -0.39 is 0 Å². The summed E-state index contributed by atoms with van der Waals surface area (Å²) in [7, 11) is 0. The molecule has 2 atom stereocenters. The van der Waals surface area contributed by atoms with E-state index in [9.17, 15) is 9.59 Å². The second kappa shape index (κ2) is 4.33. The van der Waals surface area contributed by atoms with Gasteiger partial charge in [-0.1, -0.05) is 6.42 Å². The lowest BCUT2D eigenvalue weighted by Crippen LogP contribution is -2.29. The van der Waals surface area contributed by atoms with Gasteiger partial charge in [0.2, 0.25) is 5.91 Å². The summed E-state index contributed by atoms with van der Waals surface area (Å²) in [6.45, 7) is 3.44. The SMILES string of the molecule is CC(=O)CCC(=O)N1CC2CCCC2C1. The van der Waals surface area contributed by atoms with Crippen molar-refractivity contribution in [1.29, 1.82) is 0 Å². The van der Waals surface area contributed by atoms with Crippen molar-refractivity contribution in [1.82, 2.24) is 4.90 Å². The lowest BCUT2D eigenvalue weighted by molar-refractivity contribution is -0.132. The predicted molar refractivity (Wildman–Crippen MR) is 57.3 cm³/mol. The molecular formula is C12H19NO2. The second-order valence-electron chi connectivity index (χ2n) is 4.95. The van der Waals surface area contributed by atoms with Crippen LogP contribution in [0.2, 0.25) is 0 Å². The molecule has 2 rings (SSSR count). The van der Waals surface area contributed by atoms with Crippen LogP contribution in [0.1, 0.15) is 39.0 Å². The number of amides is 1. The van der Waals surface area contributed by atoms with Gasteiger partial charge in [0.25, 0.3) is 0 Å². The maximum absolute atomic E-state index is 11.8. The van der Waals surface area contributed by atoms with Gasteiger partial charge in [0.1, 0.15) is 5.78 Å². The molecule has 84 valence electrons. The summed E-state index contributed by atoms with van der Waals surface area (Å²) in [4.78, 5) is 24.5. The van der Waals surface area contributed by atoms with Gasteiger partial charge in [-0.25, -0.2) is 0 Å². The second-order valence-corrected chi connectivity index (χ2v) is 4.95. The maximum Gasteiger partial charge on any atom is 0.223 e. The van der Waals surface area contributed by atoms with Gasteiger partial charge in [-0.15, -0.1) is 0 Å². The lowest BCUT2D eigenvalue weighted by atomic mass is 10.0. The Labute approximate surface area is 90.8 Å². The molecule has 3 heteroatoms. The fourth-order valence-corrected chi connectivity index (χ4v) is 2.88. The Kier molecular flexibility index (Phi) is 3.08.